The Kier molecular flexibility index (Phi) is 5.23. The largest absolute Gasteiger partial charge is 0.467 e. The molecule has 1 aromatic carbocycles. The van der Waals surface area contributed by atoms with Crippen molar-refractivity contribution in [3.05, 3.63) is 66.2 Å². The summed E-state index contributed by atoms with van der Waals surface area (Å²) in [6, 6.07) is 13.9. The summed E-state index contributed by atoms with van der Waals surface area (Å²) in [5, 5.41) is 16.4. The van der Waals surface area contributed by atoms with Crippen LogP contribution in [0.5, 0.6) is 0 Å². The Balaban J connectivity index is 1.56. The standard InChI is InChI=1S/C18H17N5O3/c1-12(24)20-13-4-6-14(7-5-13)21-17-9-8-16(22-23-17)18(25)19-11-15-3-2-10-26-15/h2-10H,11H2,1H3,(H,19,25)(H,20,24)(H,21,23). The van der Waals surface area contributed by atoms with Crippen LogP contribution in [0.4, 0.5) is 17.2 Å². The van der Waals surface area contributed by atoms with Gasteiger partial charge in [-0.2, -0.15) is 0 Å². The number of anilines is 3. The number of furan rings is 1. The molecule has 0 aliphatic heterocycles. The molecule has 2 aromatic heterocycles. The van der Waals surface area contributed by atoms with Gasteiger partial charge in [-0.25, -0.2) is 0 Å². The third-order valence-corrected chi connectivity index (χ3v) is 3.38. The molecule has 0 bridgehead atoms. The normalized spacial score (nSPS) is 10.2. The Hall–Kier alpha value is -3.68. The summed E-state index contributed by atoms with van der Waals surface area (Å²) in [5.74, 6) is 0.699. The molecule has 0 aliphatic carbocycles. The number of carbonyl (C=O) groups is 2. The number of carbonyl (C=O) groups excluding carboxylic acids is 2. The van der Waals surface area contributed by atoms with E-state index >= 15 is 0 Å². The van der Waals surface area contributed by atoms with Crippen LogP contribution in [-0.4, -0.2) is 22.0 Å². The van der Waals surface area contributed by atoms with Gasteiger partial charge in [-0.15, -0.1) is 10.2 Å². The highest BCUT2D eigenvalue weighted by Gasteiger charge is 2.09. The van der Waals surface area contributed by atoms with Crippen LogP contribution in [0.15, 0.2) is 59.2 Å². The first-order valence-electron chi connectivity index (χ1n) is 7.89. The van der Waals surface area contributed by atoms with E-state index in [1.807, 2.05) is 0 Å². The van der Waals surface area contributed by atoms with Crippen LogP contribution in [0, 0.1) is 0 Å². The molecule has 26 heavy (non-hydrogen) atoms. The molecule has 0 atom stereocenters. The second-order valence-corrected chi connectivity index (χ2v) is 5.45. The lowest BCUT2D eigenvalue weighted by Gasteiger charge is -2.07. The number of benzene rings is 1. The molecule has 3 rings (SSSR count). The van der Waals surface area contributed by atoms with Crippen LogP contribution in [0.3, 0.4) is 0 Å². The Bertz CT molecular complexity index is 874. The fourth-order valence-electron chi connectivity index (χ4n) is 2.18. The highest BCUT2D eigenvalue weighted by molar-refractivity contribution is 5.92. The minimum Gasteiger partial charge on any atom is -0.467 e. The van der Waals surface area contributed by atoms with Crippen molar-refractivity contribution in [2.75, 3.05) is 10.6 Å². The molecule has 3 N–H and O–H groups in total. The van der Waals surface area contributed by atoms with Crippen molar-refractivity contribution in [1.29, 1.82) is 0 Å². The first kappa shape index (κ1) is 17.2. The lowest BCUT2D eigenvalue weighted by Crippen LogP contribution is -2.23. The van der Waals surface area contributed by atoms with E-state index in [0.717, 1.165) is 5.69 Å². The topological polar surface area (TPSA) is 109 Å². The van der Waals surface area contributed by atoms with Crippen molar-refractivity contribution in [3.8, 4) is 0 Å². The first-order chi connectivity index (χ1) is 12.6. The van der Waals surface area contributed by atoms with E-state index in [9.17, 15) is 9.59 Å². The quantitative estimate of drug-likeness (QED) is 0.630. The van der Waals surface area contributed by atoms with Crippen LogP contribution >= 0.6 is 0 Å². The van der Waals surface area contributed by atoms with Crippen molar-refractivity contribution >= 4 is 29.0 Å². The van der Waals surface area contributed by atoms with Gasteiger partial charge in [0.05, 0.1) is 12.8 Å². The molecule has 0 fully saturated rings. The van der Waals surface area contributed by atoms with E-state index in [4.69, 9.17) is 4.42 Å². The van der Waals surface area contributed by atoms with Crippen LogP contribution in [0.25, 0.3) is 0 Å². The van der Waals surface area contributed by atoms with E-state index in [1.165, 1.54) is 6.92 Å². The Morgan fingerprint density at radius 1 is 1.00 bits per heavy atom. The number of rotatable bonds is 6. The van der Waals surface area contributed by atoms with Gasteiger partial charge in [0, 0.05) is 18.3 Å². The lowest BCUT2D eigenvalue weighted by atomic mass is 10.2. The molecular weight excluding hydrogens is 334 g/mol. The Labute approximate surface area is 149 Å². The summed E-state index contributed by atoms with van der Waals surface area (Å²) in [6.07, 6.45) is 1.55. The van der Waals surface area contributed by atoms with Crippen molar-refractivity contribution in [1.82, 2.24) is 15.5 Å². The predicted octanol–water partition coefficient (Wildman–Crippen LogP) is 2.70. The zero-order chi connectivity index (χ0) is 18.4. The van der Waals surface area contributed by atoms with Crippen molar-refractivity contribution in [2.45, 2.75) is 13.5 Å². The zero-order valence-electron chi connectivity index (χ0n) is 14.0. The van der Waals surface area contributed by atoms with E-state index < -0.39 is 0 Å². The second kappa shape index (κ2) is 7.93. The molecule has 0 unspecified atom stereocenters. The molecule has 2 heterocycles. The first-order valence-corrected chi connectivity index (χ1v) is 7.89. The van der Waals surface area contributed by atoms with Gasteiger partial charge in [0.15, 0.2) is 11.5 Å². The van der Waals surface area contributed by atoms with Crippen molar-refractivity contribution < 1.29 is 14.0 Å². The predicted molar refractivity (Wildman–Crippen MR) is 95.9 cm³/mol. The van der Waals surface area contributed by atoms with Crippen LogP contribution < -0.4 is 16.0 Å². The molecule has 0 saturated carbocycles. The molecule has 2 amide bonds. The van der Waals surface area contributed by atoms with Crippen LogP contribution in [0.1, 0.15) is 23.2 Å². The number of hydrogen-bond acceptors (Lipinski definition) is 6. The number of hydrogen-bond donors (Lipinski definition) is 3. The SMILES string of the molecule is CC(=O)Nc1ccc(Nc2ccc(C(=O)NCc3ccco3)nn2)cc1. The Morgan fingerprint density at radius 3 is 2.38 bits per heavy atom. The summed E-state index contributed by atoms with van der Waals surface area (Å²) in [6.45, 7) is 1.74. The molecule has 0 spiro atoms. The highest BCUT2D eigenvalue weighted by atomic mass is 16.3. The monoisotopic (exact) mass is 351 g/mol. The van der Waals surface area contributed by atoms with Gasteiger partial charge in [0.2, 0.25) is 5.91 Å². The maximum atomic E-state index is 12.0. The molecule has 0 aliphatic rings. The van der Waals surface area contributed by atoms with Gasteiger partial charge in [0.25, 0.3) is 5.91 Å². The smallest absolute Gasteiger partial charge is 0.272 e. The Morgan fingerprint density at radius 2 is 1.77 bits per heavy atom. The van der Waals surface area contributed by atoms with E-state index in [-0.39, 0.29) is 24.1 Å². The molecule has 8 nitrogen and oxygen atoms in total. The van der Waals surface area contributed by atoms with Crippen molar-refractivity contribution in [2.24, 2.45) is 0 Å². The average molecular weight is 351 g/mol. The second-order valence-electron chi connectivity index (χ2n) is 5.45. The third kappa shape index (κ3) is 4.67. The molecule has 0 saturated heterocycles. The minimum absolute atomic E-state index is 0.127. The van der Waals surface area contributed by atoms with Crippen molar-refractivity contribution in [3.63, 3.8) is 0 Å². The number of nitrogens with zero attached hydrogens (tertiary/aromatic N) is 2. The highest BCUT2D eigenvalue weighted by Crippen LogP contribution is 2.17. The summed E-state index contributed by atoms with van der Waals surface area (Å²) in [5.41, 5.74) is 1.70. The molecule has 0 radical (unpaired) electrons. The third-order valence-electron chi connectivity index (χ3n) is 3.38. The van der Waals surface area contributed by atoms with E-state index in [0.29, 0.717) is 17.3 Å². The summed E-state index contributed by atoms with van der Waals surface area (Å²) in [7, 11) is 0. The number of aromatic nitrogens is 2. The van der Waals surface area contributed by atoms with Gasteiger partial charge in [0.1, 0.15) is 5.76 Å². The molecule has 3 aromatic rings. The maximum Gasteiger partial charge on any atom is 0.272 e. The summed E-state index contributed by atoms with van der Waals surface area (Å²) >= 11 is 0. The maximum absolute atomic E-state index is 12.0. The summed E-state index contributed by atoms with van der Waals surface area (Å²) < 4.78 is 5.15. The fourth-order valence-corrected chi connectivity index (χ4v) is 2.18. The van der Waals surface area contributed by atoms with E-state index in [1.54, 1.807) is 54.8 Å². The van der Waals surface area contributed by atoms with E-state index in [2.05, 4.69) is 26.1 Å². The number of amides is 2. The lowest BCUT2D eigenvalue weighted by molar-refractivity contribution is -0.114. The fraction of sp³-hybridized carbons (Fsp3) is 0.111. The van der Waals surface area contributed by atoms with Gasteiger partial charge in [-0.3, -0.25) is 9.59 Å². The molecule has 8 heteroatoms. The minimum atomic E-state index is -0.333. The van der Waals surface area contributed by atoms with Gasteiger partial charge >= 0.3 is 0 Å². The van der Waals surface area contributed by atoms with Gasteiger partial charge in [-0.05, 0) is 48.5 Å². The van der Waals surface area contributed by atoms with Crippen LogP contribution in [-0.2, 0) is 11.3 Å². The van der Waals surface area contributed by atoms with Crippen LogP contribution in [0.2, 0.25) is 0 Å². The molecule has 132 valence electrons. The summed E-state index contributed by atoms with van der Waals surface area (Å²) in [4.78, 5) is 23.0. The number of nitrogens with one attached hydrogen (secondary N) is 3. The average Bonchev–Trinajstić information content (AvgIpc) is 3.15. The molecular formula is C18H17N5O3. The van der Waals surface area contributed by atoms with Gasteiger partial charge in [-0.1, -0.05) is 0 Å². The van der Waals surface area contributed by atoms with Gasteiger partial charge < -0.3 is 20.4 Å². The zero-order valence-corrected chi connectivity index (χ0v) is 14.0.